The summed E-state index contributed by atoms with van der Waals surface area (Å²) in [6.07, 6.45) is -0.594. The van der Waals surface area contributed by atoms with E-state index in [-0.39, 0.29) is 12.5 Å². The van der Waals surface area contributed by atoms with Gasteiger partial charge in [-0.3, -0.25) is 13.6 Å². The fourth-order valence-electron chi connectivity index (χ4n) is 1.40. The first-order valence-corrected chi connectivity index (χ1v) is 6.82. The Morgan fingerprint density at radius 2 is 2.00 bits per heavy atom. The molecule has 5 heteroatoms. The smallest absolute Gasteiger partial charge is 0.321 e. The van der Waals surface area contributed by atoms with Gasteiger partial charge < -0.3 is 4.74 Å². The Bertz CT molecular complexity index is 390. The zero-order valence-electron chi connectivity index (χ0n) is 9.33. The van der Waals surface area contributed by atoms with Crippen LogP contribution in [-0.2, 0) is 18.3 Å². The average Bonchev–Trinajstić information content (AvgIpc) is 2.30. The van der Waals surface area contributed by atoms with Gasteiger partial charge in [-0.25, -0.2) is 0 Å². The second-order valence-electron chi connectivity index (χ2n) is 3.90. The van der Waals surface area contributed by atoms with E-state index in [2.05, 4.69) is 0 Å². The first-order chi connectivity index (χ1) is 7.62. The fraction of sp³-hybridized carbons (Fsp3) is 0.455. The molecule has 0 saturated carbocycles. The maximum atomic E-state index is 12.2. The molecule has 0 bridgehead atoms. The Morgan fingerprint density at radius 1 is 1.31 bits per heavy atom. The summed E-state index contributed by atoms with van der Waals surface area (Å²) in [6, 6.07) is 9.43. The fourth-order valence-corrected chi connectivity index (χ4v) is 2.66. The molecule has 0 aromatic heterocycles. The monoisotopic (exact) mass is 242 g/mol. The zero-order valence-corrected chi connectivity index (χ0v) is 10.2. The number of hydrogen-bond acceptors (Lipinski definition) is 4. The van der Waals surface area contributed by atoms with Crippen molar-refractivity contribution in [2.75, 3.05) is 6.79 Å². The summed E-state index contributed by atoms with van der Waals surface area (Å²) >= 11 is 0. The number of benzene rings is 1. The highest BCUT2D eigenvalue weighted by Gasteiger charge is 2.37. The van der Waals surface area contributed by atoms with Gasteiger partial charge in [0, 0.05) is 5.56 Å². The van der Waals surface area contributed by atoms with Crippen LogP contribution in [0.25, 0.3) is 0 Å². The third-order valence-electron chi connectivity index (χ3n) is 2.40. The molecule has 4 nitrogen and oxygen atoms in total. The molecule has 0 aliphatic carbocycles. The lowest BCUT2D eigenvalue weighted by Gasteiger charge is -2.31. The minimum Gasteiger partial charge on any atom is -0.321 e. The Balaban J connectivity index is 2.17. The number of ether oxygens (including phenoxy) is 1. The van der Waals surface area contributed by atoms with Crippen LogP contribution in [0.5, 0.6) is 0 Å². The normalized spacial score (nSPS) is 30.6. The molecule has 1 aromatic rings. The molecule has 1 unspecified atom stereocenters. The van der Waals surface area contributed by atoms with Gasteiger partial charge in [-0.15, -0.1) is 0 Å². The first-order valence-electron chi connectivity index (χ1n) is 5.21. The molecule has 88 valence electrons. The van der Waals surface area contributed by atoms with Gasteiger partial charge in [0.25, 0.3) is 0 Å². The summed E-state index contributed by atoms with van der Waals surface area (Å²) in [5.41, 5.74) is 0.689. The van der Waals surface area contributed by atoms with Gasteiger partial charge in [-0.2, -0.15) is 0 Å². The van der Waals surface area contributed by atoms with Crippen LogP contribution in [0.15, 0.2) is 30.3 Å². The van der Waals surface area contributed by atoms with Crippen molar-refractivity contribution in [3.05, 3.63) is 35.9 Å². The summed E-state index contributed by atoms with van der Waals surface area (Å²) in [5, 5.41) is 0. The van der Waals surface area contributed by atoms with E-state index < -0.39 is 13.9 Å². The first kappa shape index (κ1) is 11.8. The van der Waals surface area contributed by atoms with Crippen LogP contribution in [0.2, 0.25) is 0 Å². The van der Waals surface area contributed by atoms with Crippen LogP contribution in [0.3, 0.4) is 0 Å². The number of hydrogen-bond donors (Lipinski definition) is 0. The SMILES string of the molecule is CC(C)P1(=O)OCO[C@H](c2ccccc2)O1. The van der Waals surface area contributed by atoms with E-state index >= 15 is 0 Å². The third-order valence-corrected chi connectivity index (χ3v) is 4.61. The van der Waals surface area contributed by atoms with E-state index in [0.29, 0.717) is 0 Å². The lowest BCUT2D eigenvalue weighted by molar-refractivity contribution is -0.174. The molecule has 2 atom stereocenters. The molecule has 1 saturated heterocycles. The van der Waals surface area contributed by atoms with Crippen LogP contribution >= 0.6 is 7.60 Å². The van der Waals surface area contributed by atoms with Crippen molar-refractivity contribution in [1.82, 2.24) is 0 Å². The predicted octanol–water partition coefficient (Wildman–Crippen LogP) is 3.31. The molecular weight excluding hydrogens is 227 g/mol. The molecule has 2 rings (SSSR count). The Hall–Kier alpha value is -0.670. The molecule has 1 aliphatic rings. The minimum absolute atomic E-state index is 0.00895. The van der Waals surface area contributed by atoms with Crippen LogP contribution < -0.4 is 0 Å². The van der Waals surface area contributed by atoms with Gasteiger partial charge in [0.2, 0.25) is 0 Å². The van der Waals surface area contributed by atoms with E-state index in [1.165, 1.54) is 0 Å². The number of rotatable bonds is 2. The average molecular weight is 242 g/mol. The summed E-state index contributed by atoms with van der Waals surface area (Å²) in [5.74, 6) is 0. The van der Waals surface area contributed by atoms with Gasteiger partial charge in [-0.05, 0) is 0 Å². The molecule has 0 N–H and O–H groups in total. The quantitative estimate of drug-likeness (QED) is 0.746. The van der Waals surface area contributed by atoms with Crippen molar-refractivity contribution in [3.63, 3.8) is 0 Å². The van der Waals surface area contributed by atoms with Gasteiger partial charge in [0.05, 0.1) is 5.66 Å². The predicted molar refractivity (Wildman–Crippen MR) is 60.0 cm³/mol. The van der Waals surface area contributed by atoms with Crippen molar-refractivity contribution >= 4 is 7.60 Å². The van der Waals surface area contributed by atoms with Crippen molar-refractivity contribution < 1.29 is 18.3 Å². The maximum Gasteiger partial charge on any atom is 0.337 e. The molecule has 0 amide bonds. The second kappa shape index (κ2) is 4.68. The van der Waals surface area contributed by atoms with E-state index in [1.807, 2.05) is 44.2 Å². The summed E-state index contributed by atoms with van der Waals surface area (Å²) in [4.78, 5) is 0. The van der Waals surface area contributed by atoms with Crippen LogP contribution in [0.1, 0.15) is 25.7 Å². The van der Waals surface area contributed by atoms with Crippen LogP contribution in [0, 0.1) is 0 Å². The van der Waals surface area contributed by atoms with E-state index in [4.69, 9.17) is 13.8 Å². The van der Waals surface area contributed by atoms with Gasteiger partial charge in [-0.1, -0.05) is 44.2 Å². The van der Waals surface area contributed by atoms with Crippen molar-refractivity contribution in [2.24, 2.45) is 0 Å². The maximum absolute atomic E-state index is 12.2. The van der Waals surface area contributed by atoms with E-state index in [0.717, 1.165) is 5.56 Å². The largest absolute Gasteiger partial charge is 0.337 e. The molecule has 16 heavy (non-hydrogen) atoms. The Labute approximate surface area is 95.1 Å². The third kappa shape index (κ3) is 2.36. The summed E-state index contributed by atoms with van der Waals surface area (Å²) in [6.45, 7) is 3.64. The van der Waals surface area contributed by atoms with Gasteiger partial charge in [0.15, 0.2) is 13.1 Å². The minimum atomic E-state index is -3.03. The molecule has 0 spiro atoms. The topological polar surface area (TPSA) is 44.8 Å². The van der Waals surface area contributed by atoms with E-state index in [1.54, 1.807) is 0 Å². The molecule has 1 heterocycles. The molecule has 1 fully saturated rings. The highest BCUT2D eigenvalue weighted by atomic mass is 31.2. The van der Waals surface area contributed by atoms with Crippen molar-refractivity contribution in [2.45, 2.75) is 25.8 Å². The lowest BCUT2D eigenvalue weighted by Crippen LogP contribution is -2.20. The van der Waals surface area contributed by atoms with Crippen LogP contribution in [0.4, 0.5) is 0 Å². The summed E-state index contributed by atoms with van der Waals surface area (Å²) < 4.78 is 28.0. The van der Waals surface area contributed by atoms with Crippen LogP contribution in [-0.4, -0.2) is 12.5 Å². The zero-order chi connectivity index (χ0) is 11.6. The lowest BCUT2D eigenvalue weighted by atomic mass is 10.2. The highest BCUT2D eigenvalue weighted by molar-refractivity contribution is 7.54. The van der Waals surface area contributed by atoms with E-state index in [9.17, 15) is 4.57 Å². The Morgan fingerprint density at radius 3 is 2.62 bits per heavy atom. The molecular formula is C11H15O4P. The van der Waals surface area contributed by atoms with Crippen molar-refractivity contribution in [1.29, 1.82) is 0 Å². The Kier molecular flexibility index (Phi) is 3.45. The second-order valence-corrected chi connectivity index (χ2v) is 6.48. The van der Waals surface area contributed by atoms with Gasteiger partial charge in [0.1, 0.15) is 0 Å². The van der Waals surface area contributed by atoms with Gasteiger partial charge >= 0.3 is 7.60 Å². The molecule has 1 aromatic carbocycles. The highest BCUT2D eigenvalue weighted by Crippen LogP contribution is 2.58. The standard InChI is InChI=1S/C11H15O4P/c1-9(2)16(12)14-8-13-11(15-16)10-6-4-3-5-7-10/h3-7,9,11H,8H2,1-2H3/t11-,16?/m0/s1. The molecule has 1 aliphatic heterocycles. The summed E-state index contributed by atoms with van der Waals surface area (Å²) in [7, 11) is -3.03. The van der Waals surface area contributed by atoms with Crippen molar-refractivity contribution in [3.8, 4) is 0 Å². The molecule has 0 radical (unpaired) electrons.